The van der Waals surface area contributed by atoms with Crippen LogP contribution in [0.2, 0.25) is 0 Å². The SMILES string of the molecule is SC#Cc1ccccc1. The Kier molecular flexibility index (Phi) is 2.23. The van der Waals surface area contributed by atoms with Gasteiger partial charge in [0.1, 0.15) is 0 Å². The summed E-state index contributed by atoms with van der Waals surface area (Å²) in [5, 5.41) is 2.53. The molecule has 1 aromatic rings. The van der Waals surface area contributed by atoms with Crippen molar-refractivity contribution in [1.29, 1.82) is 0 Å². The molecule has 9 heavy (non-hydrogen) atoms. The van der Waals surface area contributed by atoms with E-state index in [2.05, 4.69) is 23.8 Å². The van der Waals surface area contributed by atoms with E-state index in [4.69, 9.17) is 0 Å². The minimum Gasteiger partial charge on any atom is -0.0918 e. The molecule has 0 heterocycles. The highest BCUT2D eigenvalue weighted by Gasteiger charge is 1.77. The molecule has 0 saturated heterocycles. The van der Waals surface area contributed by atoms with Gasteiger partial charge in [-0.1, -0.05) is 36.7 Å². The molecule has 0 atom stereocenters. The van der Waals surface area contributed by atoms with Crippen molar-refractivity contribution < 1.29 is 0 Å². The summed E-state index contributed by atoms with van der Waals surface area (Å²) in [4.78, 5) is 0. The van der Waals surface area contributed by atoms with Crippen molar-refractivity contribution in [1.82, 2.24) is 0 Å². The Morgan fingerprint density at radius 3 is 2.33 bits per heavy atom. The maximum absolute atomic E-state index is 3.77. The van der Waals surface area contributed by atoms with Crippen molar-refractivity contribution >= 4 is 12.6 Å². The number of benzene rings is 1. The van der Waals surface area contributed by atoms with Gasteiger partial charge < -0.3 is 0 Å². The summed E-state index contributed by atoms with van der Waals surface area (Å²) >= 11 is 3.77. The van der Waals surface area contributed by atoms with Crippen molar-refractivity contribution in [2.45, 2.75) is 0 Å². The van der Waals surface area contributed by atoms with Gasteiger partial charge in [-0.25, -0.2) is 0 Å². The van der Waals surface area contributed by atoms with Crippen molar-refractivity contribution in [3.8, 4) is 11.2 Å². The molecule has 0 aliphatic carbocycles. The summed E-state index contributed by atoms with van der Waals surface area (Å²) in [6.45, 7) is 0. The van der Waals surface area contributed by atoms with Gasteiger partial charge >= 0.3 is 0 Å². The standard InChI is InChI=1S/C8H6S/c9-7-6-8-4-2-1-3-5-8/h1-5,9H. The van der Waals surface area contributed by atoms with Gasteiger partial charge in [0, 0.05) is 5.56 Å². The molecule has 1 aromatic carbocycles. The molecule has 1 heteroatoms. The van der Waals surface area contributed by atoms with Crippen LogP contribution in [0, 0.1) is 11.2 Å². The number of rotatable bonds is 0. The third kappa shape index (κ3) is 1.83. The normalized spacial score (nSPS) is 7.67. The van der Waals surface area contributed by atoms with Crippen LogP contribution < -0.4 is 0 Å². The quantitative estimate of drug-likeness (QED) is 0.407. The first-order chi connectivity index (χ1) is 4.43. The molecular weight excluding hydrogens is 128 g/mol. The molecule has 0 radical (unpaired) electrons. The van der Waals surface area contributed by atoms with E-state index < -0.39 is 0 Å². The van der Waals surface area contributed by atoms with Gasteiger partial charge in [-0.3, -0.25) is 0 Å². The highest BCUT2D eigenvalue weighted by Crippen LogP contribution is 1.94. The van der Waals surface area contributed by atoms with E-state index in [9.17, 15) is 0 Å². The summed E-state index contributed by atoms with van der Waals surface area (Å²) in [7, 11) is 0. The summed E-state index contributed by atoms with van der Waals surface area (Å²) in [5.74, 6) is 2.82. The minimum absolute atomic E-state index is 1.01. The van der Waals surface area contributed by atoms with E-state index in [-0.39, 0.29) is 0 Å². The van der Waals surface area contributed by atoms with Crippen LogP contribution in [0.4, 0.5) is 0 Å². The monoisotopic (exact) mass is 134 g/mol. The van der Waals surface area contributed by atoms with Crippen LogP contribution >= 0.6 is 12.6 Å². The molecule has 0 unspecified atom stereocenters. The average Bonchev–Trinajstić information content (AvgIpc) is 1.91. The molecule has 0 saturated carbocycles. The summed E-state index contributed by atoms with van der Waals surface area (Å²) < 4.78 is 0. The Bertz CT molecular complexity index is 228. The zero-order valence-electron chi connectivity index (χ0n) is 4.83. The number of hydrogen-bond donors (Lipinski definition) is 1. The fourth-order valence-electron chi connectivity index (χ4n) is 0.586. The van der Waals surface area contributed by atoms with Crippen LogP contribution in [0.25, 0.3) is 0 Å². The van der Waals surface area contributed by atoms with Gasteiger partial charge in [-0.15, -0.1) is 0 Å². The van der Waals surface area contributed by atoms with Crippen LogP contribution in [0.3, 0.4) is 0 Å². The van der Waals surface area contributed by atoms with Crippen LogP contribution in [0.15, 0.2) is 30.3 Å². The number of thiol groups is 1. The lowest BCUT2D eigenvalue weighted by molar-refractivity contribution is 1.65. The minimum atomic E-state index is 1.01. The molecule has 0 bridgehead atoms. The molecule has 0 N–H and O–H groups in total. The van der Waals surface area contributed by atoms with Crippen molar-refractivity contribution in [2.75, 3.05) is 0 Å². The zero-order valence-corrected chi connectivity index (χ0v) is 5.73. The first kappa shape index (κ1) is 6.25. The predicted octanol–water partition coefficient (Wildman–Crippen LogP) is 1.93. The summed E-state index contributed by atoms with van der Waals surface area (Å²) in [6.07, 6.45) is 0. The van der Waals surface area contributed by atoms with Gasteiger partial charge in [0.25, 0.3) is 0 Å². The van der Waals surface area contributed by atoms with Crippen molar-refractivity contribution in [2.24, 2.45) is 0 Å². The topological polar surface area (TPSA) is 0 Å². The van der Waals surface area contributed by atoms with E-state index in [1.54, 1.807) is 0 Å². The molecule has 44 valence electrons. The maximum atomic E-state index is 3.77. The second-order valence-corrected chi connectivity index (χ2v) is 1.83. The van der Waals surface area contributed by atoms with Gasteiger partial charge in [-0.2, -0.15) is 0 Å². The molecule has 0 nitrogen and oxygen atoms in total. The molecule has 0 amide bonds. The maximum Gasteiger partial charge on any atom is 0.0254 e. The van der Waals surface area contributed by atoms with E-state index in [0.29, 0.717) is 0 Å². The van der Waals surface area contributed by atoms with Crippen molar-refractivity contribution in [3.05, 3.63) is 35.9 Å². The molecular formula is C8H6S. The lowest BCUT2D eigenvalue weighted by Crippen LogP contribution is -1.67. The lowest BCUT2D eigenvalue weighted by Gasteiger charge is -1.83. The molecule has 0 aromatic heterocycles. The van der Waals surface area contributed by atoms with Gasteiger partial charge in [0.05, 0.1) is 0 Å². The third-order valence-electron chi connectivity index (χ3n) is 0.974. The lowest BCUT2D eigenvalue weighted by atomic mass is 10.2. The second kappa shape index (κ2) is 3.21. The Morgan fingerprint density at radius 1 is 1.11 bits per heavy atom. The third-order valence-corrected chi connectivity index (χ3v) is 1.09. The first-order valence-electron chi connectivity index (χ1n) is 2.63. The van der Waals surface area contributed by atoms with Gasteiger partial charge in [0.15, 0.2) is 0 Å². The molecule has 0 aliphatic rings. The highest BCUT2D eigenvalue weighted by atomic mass is 32.1. The molecule has 0 spiro atoms. The van der Waals surface area contributed by atoms with E-state index in [0.717, 1.165) is 5.56 Å². The smallest absolute Gasteiger partial charge is 0.0254 e. The van der Waals surface area contributed by atoms with Crippen LogP contribution in [-0.4, -0.2) is 0 Å². The molecule has 0 aliphatic heterocycles. The van der Waals surface area contributed by atoms with Gasteiger partial charge in [0.2, 0.25) is 0 Å². The largest absolute Gasteiger partial charge is 0.0918 e. The van der Waals surface area contributed by atoms with E-state index >= 15 is 0 Å². The zero-order chi connectivity index (χ0) is 6.53. The fourth-order valence-corrected chi connectivity index (χ4v) is 0.715. The van der Waals surface area contributed by atoms with Crippen molar-refractivity contribution in [3.63, 3.8) is 0 Å². The second-order valence-electron chi connectivity index (χ2n) is 1.60. The van der Waals surface area contributed by atoms with Crippen LogP contribution in [0.1, 0.15) is 5.56 Å². The average molecular weight is 134 g/mol. The molecule has 1 rings (SSSR count). The highest BCUT2D eigenvalue weighted by molar-refractivity contribution is 7.85. The van der Waals surface area contributed by atoms with Crippen LogP contribution in [0.5, 0.6) is 0 Å². The Labute approximate surface area is 60.3 Å². The number of hydrogen-bond acceptors (Lipinski definition) is 1. The van der Waals surface area contributed by atoms with Crippen LogP contribution in [-0.2, 0) is 0 Å². The summed E-state index contributed by atoms with van der Waals surface area (Å²) in [5.41, 5.74) is 1.01. The summed E-state index contributed by atoms with van der Waals surface area (Å²) in [6, 6.07) is 9.76. The Morgan fingerprint density at radius 2 is 1.78 bits per heavy atom. The predicted molar refractivity (Wildman–Crippen MR) is 42.3 cm³/mol. The van der Waals surface area contributed by atoms with Gasteiger partial charge in [-0.05, 0) is 17.4 Å². The first-order valence-corrected chi connectivity index (χ1v) is 3.08. The van der Waals surface area contributed by atoms with E-state index in [1.807, 2.05) is 30.3 Å². The van der Waals surface area contributed by atoms with E-state index in [1.165, 1.54) is 0 Å². The Balaban J connectivity index is 2.94. The fraction of sp³-hybridized carbons (Fsp3) is 0. The molecule has 0 fully saturated rings. The Hall–Kier alpha value is -0.870.